The van der Waals surface area contributed by atoms with Crippen LogP contribution in [0.25, 0.3) is 0 Å². The number of nitrogens with one attached hydrogen (secondary N) is 1. The molecule has 0 saturated carbocycles. The highest BCUT2D eigenvalue weighted by molar-refractivity contribution is 6.02. The molecule has 1 amide bonds. The number of piperidine rings is 1. The molecule has 6 heteroatoms. The number of carbonyl (C=O) groups is 2. The van der Waals surface area contributed by atoms with Crippen LogP contribution in [0.2, 0.25) is 0 Å². The number of benzene rings is 3. The van der Waals surface area contributed by atoms with Crippen molar-refractivity contribution in [3.05, 3.63) is 102 Å². The molecule has 5 rings (SSSR count). The number of hydrogen-bond acceptors (Lipinski definition) is 5. The standard InChI is InChI=1S/C30H33N3O3/c1-22(21-32-19-17-30(18-20-32,36-23(2)34)25-13-7-4-8-14-25)33-27-16-10-9-15-26(27)29(35)31-28(33)24-11-5-3-6-12-24/h3-16,22,28H,17-21H2,1-2H3,(H,31,35). The molecule has 0 spiro atoms. The van der Waals surface area contributed by atoms with Gasteiger partial charge in [0, 0.05) is 45.4 Å². The van der Waals surface area contributed by atoms with Gasteiger partial charge in [-0.05, 0) is 30.2 Å². The third-order valence-electron chi connectivity index (χ3n) is 7.39. The van der Waals surface area contributed by atoms with E-state index < -0.39 is 5.60 Å². The molecule has 186 valence electrons. The first-order valence-corrected chi connectivity index (χ1v) is 12.7. The van der Waals surface area contributed by atoms with Crippen molar-refractivity contribution in [1.82, 2.24) is 10.2 Å². The lowest BCUT2D eigenvalue weighted by Gasteiger charge is -2.46. The van der Waals surface area contributed by atoms with Gasteiger partial charge in [-0.2, -0.15) is 0 Å². The van der Waals surface area contributed by atoms with Gasteiger partial charge in [-0.1, -0.05) is 72.8 Å². The molecule has 3 aromatic rings. The number of carbonyl (C=O) groups excluding carboxylic acids is 2. The predicted molar refractivity (Wildman–Crippen MR) is 141 cm³/mol. The number of hydrogen-bond donors (Lipinski definition) is 1. The molecule has 2 heterocycles. The van der Waals surface area contributed by atoms with Gasteiger partial charge in [-0.15, -0.1) is 0 Å². The number of ether oxygens (including phenoxy) is 1. The SMILES string of the molecule is CC(=O)OC1(c2ccccc2)CCN(CC(C)N2c3ccccc3C(=O)NC2c2ccccc2)CC1. The first-order valence-electron chi connectivity index (χ1n) is 12.7. The molecule has 2 atom stereocenters. The third kappa shape index (κ3) is 4.73. The van der Waals surface area contributed by atoms with Crippen LogP contribution in [-0.2, 0) is 15.1 Å². The highest BCUT2D eigenvalue weighted by Crippen LogP contribution is 2.38. The first kappa shape index (κ1) is 24.1. The Bertz CT molecular complexity index is 1210. The number of nitrogens with zero attached hydrogens (tertiary/aromatic N) is 2. The minimum atomic E-state index is -0.578. The Kier molecular flexibility index (Phi) is 6.79. The van der Waals surface area contributed by atoms with E-state index in [1.807, 2.05) is 60.7 Å². The maximum Gasteiger partial charge on any atom is 0.303 e. The second-order valence-corrected chi connectivity index (χ2v) is 9.81. The van der Waals surface area contributed by atoms with Crippen molar-refractivity contribution in [3.63, 3.8) is 0 Å². The highest BCUT2D eigenvalue weighted by Gasteiger charge is 2.40. The third-order valence-corrected chi connectivity index (χ3v) is 7.39. The van der Waals surface area contributed by atoms with Gasteiger partial charge in [0.2, 0.25) is 0 Å². The van der Waals surface area contributed by atoms with E-state index >= 15 is 0 Å². The van der Waals surface area contributed by atoms with Gasteiger partial charge in [-0.25, -0.2) is 0 Å². The number of rotatable bonds is 6. The van der Waals surface area contributed by atoms with Crippen molar-refractivity contribution in [2.45, 2.75) is 44.5 Å². The average Bonchev–Trinajstić information content (AvgIpc) is 2.90. The Balaban J connectivity index is 1.36. The molecule has 0 radical (unpaired) electrons. The number of para-hydroxylation sites is 1. The monoisotopic (exact) mass is 483 g/mol. The van der Waals surface area contributed by atoms with Crippen LogP contribution in [0, 0.1) is 0 Å². The molecular formula is C30H33N3O3. The summed E-state index contributed by atoms with van der Waals surface area (Å²) in [5.74, 6) is -0.290. The summed E-state index contributed by atoms with van der Waals surface area (Å²) in [7, 11) is 0. The van der Waals surface area contributed by atoms with E-state index in [0.29, 0.717) is 5.56 Å². The average molecular weight is 484 g/mol. The van der Waals surface area contributed by atoms with Crippen LogP contribution >= 0.6 is 0 Å². The van der Waals surface area contributed by atoms with Crippen molar-refractivity contribution < 1.29 is 14.3 Å². The van der Waals surface area contributed by atoms with Gasteiger partial charge >= 0.3 is 5.97 Å². The van der Waals surface area contributed by atoms with Crippen molar-refractivity contribution in [1.29, 1.82) is 0 Å². The Morgan fingerprint density at radius 2 is 1.58 bits per heavy atom. The van der Waals surface area contributed by atoms with Crippen LogP contribution in [0.5, 0.6) is 0 Å². The van der Waals surface area contributed by atoms with E-state index in [2.05, 4.69) is 46.3 Å². The minimum Gasteiger partial charge on any atom is -0.454 e. The Morgan fingerprint density at radius 1 is 0.972 bits per heavy atom. The first-order chi connectivity index (χ1) is 17.5. The maximum absolute atomic E-state index is 12.9. The van der Waals surface area contributed by atoms with Gasteiger partial charge < -0.3 is 19.9 Å². The molecular weight excluding hydrogens is 450 g/mol. The summed E-state index contributed by atoms with van der Waals surface area (Å²) in [4.78, 5) is 29.7. The van der Waals surface area contributed by atoms with E-state index in [4.69, 9.17) is 4.74 Å². The summed E-state index contributed by atoms with van der Waals surface area (Å²) in [6, 6.07) is 28.2. The van der Waals surface area contributed by atoms with Crippen molar-refractivity contribution >= 4 is 17.6 Å². The van der Waals surface area contributed by atoms with Crippen LogP contribution in [0.3, 0.4) is 0 Å². The van der Waals surface area contributed by atoms with Gasteiger partial charge in [0.25, 0.3) is 5.91 Å². The lowest BCUT2D eigenvalue weighted by molar-refractivity contribution is -0.164. The Labute approximate surface area is 212 Å². The van der Waals surface area contributed by atoms with Crippen LogP contribution < -0.4 is 10.2 Å². The zero-order valence-electron chi connectivity index (χ0n) is 20.9. The largest absolute Gasteiger partial charge is 0.454 e. The van der Waals surface area contributed by atoms with Crippen LogP contribution in [0.4, 0.5) is 5.69 Å². The van der Waals surface area contributed by atoms with Crippen molar-refractivity contribution in [2.24, 2.45) is 0 Å². The highest BCUT2D eigenvalue weighted by atomic mass is 16.6. The quantitative estimate of drug-likeness (QED) is 0.507. The molecule has 36 heavy (non-hydrogen) atoms. The number of likely N-dealkylation sites (tertiary alicyclic amines) is 1. The number of esters is 1. The Hall–Kier alpha value is -3.64. The molecule has 0 bridgehead atoms. The zero-order chi connectivity index (χ0) is 25.1. The van der Waals surface area contributed by atoms with E-state index in [-0.39, 0.29) is 24.1 Å². The van der Waals surface area contributed by atoms with Gasteiger partial charge in [-0.3, -0.25) is 9.59 Å². The lowest BCUT2D eigenvalue weighted by atomic mass is 9.84. The van der Waals surface area contributed by atoms with E-state index in [0.717, 1.165) is 49.3 Å². The fourth-order valence-corrected chi connectivity index (χ4v) is 5.70. The fraction of sp³-hybridized carbons (Fsp3) is 0.333. The second-order valence-electron chi connectivity index (χ2n) is 9.81. The summed E-state index contributed by atoms with van der Waals surface area (Å²) in [5, 5.41) is 3.22. The summed E-state index contributed by atoms with van der Waals surface area (Å²) in [5.41, 5.74) is 3.20. The molecule has 2 unspecified atom stereocenters. The molecule has 2 aliphatic heterocycles. The smallest absolute Gasteiger partial charge is 0.303 e. The molecule has 3 aromatic carbocycles. The van der Waals surface area contributed by atoms with Crippen LogP contribution in [0.1, 0.15) is 54.3 Å². The molecule has 0 aromatic heterocycles. The minimum absolute atomic E-state index is 0.0464. The molecule has 1 fully saturated rings. The second kappa shape index (κ2) is 10.2. The maximum atomic E-state index is 12.9. The predicted octanol–water partition coefficient (Wildman–Crippen LogP) is 4.88. The fourth-order valence-electron chi connectivity index (χ4n) is 5.70. The summed E-state index contributed by atoms with van der Waals surface area (Å²) >= 11 is 0. The molecule has 0 aliphatic carbocycles. The molecule has 2 aliphatic rings. The van der Waals surface area contributed by atoms with Crippen molar-refractivity contribution in [3.8, 4) is 0 Å². The number of anilines is 1. The van der Waals surface area contributed by atoms with E-state index in [9.17, 15) is 9.59 Å². The normalized spacial score (nSPS) is 20.2. The molecule has 1 N–H and O–H groups in total. The van der Waals surface area contributed by atoms with Gasteiger partial charge in [0.05, 0.1) is 11.3 Å². The van der Waals surface area contributed by atoms with Gasteiger partial charge in [0.15, 0.2) is 0 Å². The summed E-state index contributed by atoms with van der Waals surface area (Å²) in [6.07, 6.45) is 1.26. The van der Waals surface area contributed by atoms with E-state index in [1.54, 1.807) is 0 Å². The number of fused-ring (bicyclic) bond motifs is 1. The lowest BCUT2D eigenvalue weighted by Crippen LogP contribution is -2.54. The topological polar surface area (TPSA) is 61.9 Å². The zero-order valence-corrected chi connectivity index (χ0v) is 20.9. The Morgan fingerprint density at radius 3 is 2.25 bits per heavy atom. The number of amides is 1. The molecule has 6 nitrogen and oxygen atoms in total. The van der Waals surface area contributed by atoms with Crippen LogP contribution in [0.15, 0.2) is 84.9 Å². The van der Waals surface area contributed by atoms with Crippen molar-refractivity contribution in [2.75, 3.05) is 24.5 Å². The molecule has 1 saturated heterocycles. The summed E-state index contributed by atoms with van der Waals surface area (Å²) in [6.45, 7) is 6.19. The summed E-state index contributed by atoms with van der Waals surface area (Å²) < 4.78 is 5.94. The van der Waals surface area contributed by atoms with Crippen LogP contribution in [-0.4, -0.2) is 42.5 Å². The van der Waals surface area contributed by atoms with Gasteiger partial charge in [0.1, 0.15) is 11.8 Å². The van der Waals surface area contributed by atoms with E-state index in [1.165, 1.54) is 6.92 Å².